The topological polar surface area (TPSA) is 18.5 Å². The van der Waals surface area contributed by atoms with E-state index in [2.05, 4.69) is 27.4 Å². The smallest absolute Gasteiger partial charge is 0.146 e. The molecule has 0 spiro atoms. The van der Waals surface area contributed by atoms with Crippen LogP contribution < -0.4 is 0 Å². The van der Waals surface area contributed by atoms with E-state index in [4.69, 9.17) is 9.47 Å². The number of hydrogen-bond acceptors (Lipinski definition) is 2. The molecule has 0 radical (unpaired) electrons. The summed E-state index contributed by atoms with van der Waals surface area (Å²) < 4.78 is 10.4. The molecule has 2 nitrogen and oxygen atoms in total. The zero-order chi connectivity index (χ0) is 10.8. The minimum Gasteiger partial charge on any atom is -0.359 e. The van der Waals surface area contributed by atoms with E-state index in [1.165, 1.54) is 12.0 Å². The second-order valence-electron chi connectivity index (χ2n) is 5.04. The Morgan fingerprint density at radius 1 is 1.36 bits per heavy atom. The highest BCUT2D eigenvalue weighted by atomic mass is 16.7. The first-order chi connectivity index (χ1) is 6.44. The molecule has 82 valence electrons. The summed E-state index contributed by atoms with van der Waals surface area (Å²) in [5.74, 6) is 0. The molecule has 2 heteroatoms. The van der Waals surface area contributed by atoms with Crippen molar-refractivity contribution in [2.24, 2.45) is 10.8 Å². The number of methoxy groups -OCH3 is 1. The molecule has 0 saturated heterocycles. The zero-order valence-corrected chi connectivity index (χ0v) is 9.85. The normalized spacial score (nSPS) is 31.0. The molecule has 1 fully saturated rings. The van der Waals surface area contributed by atoms with Gasteiger partial charge in [0.2, 0.25) is 0 Å². The zero-order valence-electron chi connectivity index (χ0n) is 9.85. The van der Waals surface area contributed by atoms with Gasteiger partial charge in [0.15, 0.2) is 0 Å². The Morgan fingerprint density at radius 3 is 2.43 bits per heavy atom. The Kier molecular flexibility index (Phi) is 3.38. The minimum absolute atomic E-state index is 0.181. The molecule has 1 saturated carbocycles. The fraction of sp³-hybridized carbons (Fsp3) is 0.833. The SMILES string of the molecule is C=C1CCC(C)(COCOC)C1(C)C. The molecule has 1 unspecified atom stereocenters. The van der Waals surface area contributed by atoms with Gasteiger partial charge in [-0.05, 0) is 18.3 Å². The molecular weight excluding hydrogens is 176 g/mol. The van der Waals surface area contributed by atoms with E-state index >= 15 is 0 Å². The van der Waals surface area contributed by atoms with Crippen molar-refractivity contribution in [1.29, 1.82) is 0 Å². The van der Waals surface area contributed by atoms with Crippen molar-refractivity contribution in [1.82, 2.24) is 0 Å². The van der Waals surface area contributed by atoms with Crippen molar-refractivity contribution in [2.45, 2.75) is 33.6 Å². The molecule has 1 aliphatic carbocycles. The van der Waals surface area contributed by atoms with Gasteiger partial charge in [0.1, 0.15) is 6.79 Å². The van der Waals surface area contributed by atoms with Crippen LogP contribution in [0.25, 0.3) is 0 Å². The predicted octanol–water partition coefficient (Wildman–Crippen LogP) is 2.99. The third-order valence-electron chi connectivity index (χ3n) is 3.99. The van der Waals surface area contributed by atoms with E-state index in [-0.39, 0.29) is 10.8 Å². The Labute approximate surface area is 87.3 Å². The maximum atomic E-state index is 5.49. The van der Waals surface area contributed by atoms with Crippen molar-refractivity contribution in [3.63, 3.8) is 0 Å². The van der Waals surface area contributed by atoms with E-state index in [1.807, 2.05) is 0 Å². The van der Waals surface area contributed by atoms with Crippen LogP contribution in [0.3, 0.4) is 0 Å². The Bertz CT molecular complexity index is 220. The molecule has 1 aliphatic rings. The first kappa shape index (κ1) is 11.7. The molecule has 1 rings (SSSR count). The second kappa shape index (κ2) is 4.03. The van der Waals surface area contributed by atoms with Crippen LogP contribution in [-0.2, 0) is 9.47 Å². The first-order valence-corrected chi connectivity index (χ1v) is 5.19. The number of hydrogen-bond donors (Lipinski definition) is 0. The summed E-state index contributed by atoms with van der Waals surface area (Å²) in [4.78, 5) is 0. The summed E-state index contributed by atoms with van der Waals surface area (Å²) in [6, 6.07) is 0. The van der Waals surface area contributed by atoms with Gasteiger partial charge in [0, 0.05) is 12.5 Å². The molecule has 0 heterocycles. The fourth-order valence-electron chi connectivity index (χ4n) is 2.08. The van der Waals surface area contributed by atoms with Gasteiger partial charge >= 0.3 is 0 Å². The van der Waals surface area contributed by atoms with Gasteiger partial charge in [-0.25, -0.2) is 0 Å². The van der Waals surface area contributed by atoms with Gasteiger partial charge in [0.05, 0.1) is 6.61 Å². The summed E-state index contributed by atoms with van der Waals surface area (Å²) in [5.41, 5.74) is 1.74. The highest BCUT2D eigenvalue weighted by Crippen LogP contribution is 2.54. The molecule has 14 heavy (non-hydrogen) atoms. The van der Waals surface area contributed by atoms with Crippen LogP contribution in [-0.4, -0.2) is 20.5 Å². The standard InChI is InChI=1S/C12H22O2/c1-10-6-7-12(4,11(10,2)3)8-14-9-13-5/h1,6-9H2,2-5H3. The number of rotatable bonds is 4. The van der Waals surface area contributed by atoms with Gasteiger partial charge in [0.25, 0.3) is 0 Å². The lowest BCUT2D eigenvalue weighted by Crippen LogP contribution is -2.35. The monoisotopic (exact) mass is 198 g/mol. The van der Waals surface area contributed by atoms with E-state index in [0.29, 0.717) is 6.79 Å². The molecule has 0 amide bonds. The largest absolute Gasteiger partial charge is 0.359 e. The van der Waals surface area contributed by atoms with Crippen LogP contribution in [0.1, 0.15) is 33.6 Å². The van der Waals surface area contributed by atoms with Gasteiger partial charge < -0.3 is 9.47 Å². The van der Waals surface area contributed by atoms with E-state index in [9.17, 15) is 0 Å². The lowest BCUT2D eigenvalue weighted by molar-refractivity contribution is -0.0779. The third kappa shape index (κ3) is 1.86. The van der Waals surface area contributed by atoms with Crippen LogP contribution in [0.2, 0.25) is 0 Å². The lowest BCUT2D eigenvalue weighted by atomic mass is 9.68. The summed E-state index contributed by atoms with van der Waals surface area (Å²) in [7, 11) is 1.65. The highest BCUT2D eigenvalue weighted by Gasteiger charge is 2.47. The van der Waals surface area contributed by atoms with Crippen molar-refractivity contribution in [3.8, 4) is 0 Å². The van der Waals surface area contributed by atoms with Crippen LogP contribution in [0.4, 0.5) is 0 Å². The van der Waals surface area contributed by atoms with E-state index in [1.54, 1.807) is 7.11 Å². The molecule has 0 aromatic rings. The molecule has 0 aliphatic heterocycles. The van der Waals surface area contributed by atoms with Crippen LogP contribution in [0, 0.1) is 10.8 Å². The molecule has 0 N–H and O–H groups in total. The summed E-state index contributed by atoms with van der Waals surface area (Å²) in [6.45, 7) is 12.1. The summed E-state index contributed by atoms with van der Waals surface area (Å²) >= 11 is 0. The molecule has 1 atom stereocenters. The molecule has 0 bridgehead atoms. The Hall–Kier alpha value is -0.340. The van der Waals surface area contributed by atoms with Gasteiger partial charge in [-0.2, -0.15) is 0 Å². The highest BCUT2D eigenvalue weighted by molar-refractivity contribution is 5.19. The van der Waals surface area contributed by atoms with Crippen LogP contribution in [0.5, 0.6) is 0 Å². The third-order valence-corrected chi connectivity index (χ3v) is 3.99. The maximum Gasteiger partial charge on any atom is 0.146 e. The van der Waals surface area contributed by atoms with Gasteiger partial charge in [-0.15, -0.1) is 0 Å². The average Bonchev–Trinajstić information content (AvgIpc) is 2.31. The Balaban J connectivity index is 2.60. The summed E-state index contributed by atoms with van der Waals surface area (Å²) in [5, 5.41) is 0. The molecule has 0 aromatic carbocycles. The van der Waals surface area contributed by atoms with Crippen molar-refractivity contribution >= 4 is 0 Å². The van der Waals surface area contributed by atoms with Gasteiger partial charge in [-0.3, -0.25) is 0 Å². The van der Waals surface area contributed by atoms with Crippen molar-refractivity contribution in [2.75, 3.05) is 20.5 Å². The lowest BCUT2D eigenvalue weighted by Gasteiger charge is -2.38. The quantitative estimate of drug-likeness (QED) is 0.393. The number of ether oxygens (including phenoxy) is 2. The first-order valence-electron chi connectivity index (χ1n) is 5.19. The van der Waals surface area contributed by atoms with Gasteiger partial charge in [-0.1, -0.05) is 32.9 Å². The molecular formula is C12H22O2. The van der Waals surface area contributed by atoms with Crippen LogP contribution in [0.15, 0.2) is 12.2 Å². The van der Waals surface area contributed by atoms with E-state index in [0.717, 1.165) is 13.0 Å². The number of allylic oxidation sites excluding steroid dienone is 1. The van der Waals surface area contributed by atoms with Crippen LogP contribution >= 0.6 is 0 Å². The second-order valence-corrected chi connectivity index (χ2v) is 5.04. The minimum atomic E-state index is 0.181. The molecule has 0 aromatic heterocycles. The maximum absolute atomic E-state index is 5.49. The summed E-state index contributed by atoms with van der Waals surface area (Å²) in [6.07, 6.45) is 2.29. The van der Waals surface area contributed by atoms with Crippen molar-refractivity contribution < 1.29 is 9.47 Å². The van der Waals surface area contributed by atoms with E-state index < -0.39 is 0 Å². The predicted molar refractivity (Wildman–Crippen MR) is 58.1 cm³/mol. The average molecular weight is 198 g/mol. The Morgan fingerprint density at radius 2 is 2.00 bits per heavy atom. The van der Waals surface area contributed by atoms with Crippen molar-refractivity contribution in [3.05, 3.63) is 12.2 Å². The fourth-order valence-corrected chi connectivity index (χ4v) is 2.08.